The minimum atomic E-state index is -3.68. The number of nitrogens with two attached hydrogens (primary N) is 1. The van der Waals surface area contributed by atoms with Gasteiger partial charge in [0.05, 0.1) is 10.7 Å². The topological polar surface area (TPSA) is 72.2 Å². The molecule has 1 atom stereocenters. The van der Waals surface area contributed by atoms with Gasteiger partial charge >= 0.3 is 0 Å². The molecule has 0 heterocycles. The molecule has 0 bridgehead atoms. The lowest BCUT2D eigenvalue weighted by molar-refractivity contribution is 0.485. The SMILES string of the molecule is CC(C)CCC(C)NS(=O)(=O)c1c(N)cccc1Cl. The molecule has 1 rings (SSSR count). The highest BCUT2D eigenvalue weighted by molar-refractivity contribution is 7.89. The summed E-state index contributed by atoms with van der Waals surface area (Å²) in [6.07, 6.45) is 1.74. The van der Waals surface area contributed by atoms with Gasteiger partial charge in [-0.3, -0.25) is 0 Å². The van der Waals surface area contributed by atoms with Crippen molar-refractivity contribution in [1.82, 2.24) is 4.72 Å². The maximum Gasteiger partial charge on any atom is 0.244 e. The highest BCUT2D eigenvalue weighted by Gasteiger charge is 2.22. The molecule has 1 unspecified atom stereocenters. The summed E-state index contributed by atoms with van der Waals surface area (Å²) in [7, 11) is -3.68. The first-order chi connectivity index (χ1) is 8.74. The normalized spacial score (nSPS) is 13.7. The molecular formula is C13H21ClN2O2S. The Morgan fingerprint density at radius 1 is 1.26 bits per heavy atom. The van der Waals surface area contributed by atoms with Crippen molar-refractivity contribution in [2.75, 3.05) is 5.73 Å². The van der Waals surface area contributed by atoms with Crippen LogP contribution in [0.5, 0.6) is 0 Å². The van der Waals surface area contributed by atoms with Gasteiger partial charge in [0.2, 0.25) is 10.0 Å². The van der Waals surface area contributed by atoms with Crippen LogP contribution in [0.1, 0.15) is 33.6 Å². The number of rotatable bonds is 6. The van der Waals surface area contributed by atoms with Crippen LogP contribution in [0.25, 0.3) is 0 Å². The molecule has 0 amide bonds. The predicted octanol–water partition coefficient (Wildman–Crippen LogP) is 3.03. The fraction of sp³-hybridized carbons (Fsp3) is 0.538. The lowest BCUT2D eigenvalue weighted by Crippen LogP contribution is -2.33. The molecule has 19 heavy (non-hydrogen) atoms. The lowest BCUT2D eigenvalue weighted by atomic mass is 10.1. The number of benzene rings is 1. The van der Waals surface area contributed by atoms with Crippen LogP contribution >= 0.6 is 11.6 Å². The molecule has 0 aliphatic carbocycles. The molecule has 0 saturated carbocycles. The molecule has 6 heteroatoms. The van der Waals surface area contributed by atoms with Crippen LogP contribution < -0.4 is 10.5 Å². The highest BCUT2D eigenvalue weighted by atomic mass is 35.5. The van der Waals surface area contributed by atoms with E-state index < -0.39 is 10.0 Å². The molecule has 0 aliphatic heterocycles. The van der Waals surface area contributed by atoms with E-state index in [2.05, 4.69) is 18.6 Å². The number of hydrogen-bond acceptors (Lipinski definition) is 3. The highest BCUT2D eigenvalue weighted by Crippen LogP contribution is 2.27. The van der Waals surface area contributed by atoms with Crippen molar-refractivity contribution in [2.45, 2.75) is 44.6 Å². The van der Waals surface area contributed by atoms with Gasteiger partial charge in [-0.15, -0.1) is 0 Å². The fourth-order valence-corrected chi connectivity index (χ4v) is 3.73. The molecule has 4 nitrogen and oxygen atoms in total. The summed E-state index contributed by atoms with van der Waals surface area (Å²) in [4.78, 5) is -0.0342. The number of nitrogen functional groups attached to an aromatic ring is 1. The predicted molar refractivity (Wildman–Crippen MR) is 79.7 cm³/mol. The van der Waals surface area contributed by atoms with Crippen molar-refractivity contribution in [3.63, 3.8) is 0 Å². The largest absolute Gasteiger partial charge is 0.398 e. The quantitative estimate of drug-likeness (QED) is 0.793. The molecule has 0 aromatic heterocycles. The first-order valence-corrected chi connectivity index (χ1v) is 8.16. The summed E-state index contributed by atoms with van der Waals surface area (Å²) in [5.41, 5.74) is 5.86. The minimum Gasteiger partial charge on any atom is -0.398 e. The summed E-state index contributed by atoms with van der Waals surface area (Å²) in [6.45, 7) is 6.05. The Hall–Kier alpha value is -0.780. The third kappa shape index (κ3) is 4.67. The second-order valence-electron chi connectivity index (χ2n) is 5.15. The molecule has 1 aromatic carbocycles. The Kier molecular flexibility index (Phi) is 5.64. The second kappa shape index (κ2) is 6.59. The first kappa shape index (κ1) is 16.3. The lowest BCUT2D eigenvalue weighted by Gasteiger charge is -2.16. The van der Waals surface area contributed by atoms with Crippen molar-refractivity contribution in [3.05, 3.63) is 23.2 Å². The minimum absolute atomic E-state index is 0.0342. The molecule has 0 fully saturated rings. The van der Waals surface area contributed by atoms with Crippen LogP contribution in [0, 0.1) is 5.92 Å². The van der Waals surface area contributed by atoms with E-state index in [-0.39, 0.29) is 21.6 Å². The van der Waals surface area contributed by atoms with Crippen LogP contribution in [0.4, 0.5) is 5.69 Å². The van der Waals surface area contributed by atoms with Gasteiger partial charge in [0.1, 0.15) is 4.90 Å². The zero-order chi connectivity index (χ0) is 14.6. The molecule has 1 aromatic rings. The van der Waals surface area contributed by atoms with Crippen LogP contribution in [0.3, 0.4) is 0 Å². The number of nitrogens with one attached hydrogen (secondary N) is 1. The van der Waals surface area contributed by atoms with E-state index >= 15 is 0 Å². The van der Waals surface area contributed by atoms with E-state index in [1.54, 1.807) is 6.07 Å². The van der Waals surface area contributed by atoms with Crippen LogP contribution in [0.2, 0.25) is 5.02 Å². The van der Waals surface area contributed by atoms with Gasteiger partial charge in [0, 0.05) is 6.04 Å². The third-order valence-corrected chi connectivity index (χ3v) is 4.93. The average Bonchev–Trinajstić information content (AvgIpc) is 2.25. The molecule has 0 spiro atoms. The van der Waals surface area contributed by atoms with Gasteiger partial charge in [-0.25, -0.2) is 13.1 Å². The average molecular weight is 305 g/mol. The summed E-state index contributed by atoms with van der Waals surface area (Å²) in [5.74, 6) is 0.539. The monoisotopic (exact) mass is 304 g/mol. The maximum absolute atomic E-state index is 12.3. The van der Waals surface area contributed by atoms with E-state index in [9.17, 15) is 8.42 Å². The van der Waals surface area contributed by atoms with Gasteiger partial charge in [-0.1, -0.05) is 31.5 Å². The molecule has 0 radical (unpaired) electrons. The van der Waals surface area contributed by atoms with Crippen molar-refractivity contribution >= 4 is 27.3 Å². The molecule has 108 valence electrons. The Labute approximate surface area is 120 Å². The maximum atomic E-state index is 12.3. The smallest absolute Gasteiger partial charge is 0.244 e. The zero-order valence-corrected chi connectivity index (χ0v) is 13.1. The van der Waals surface area contributed by atoms with Crippen molar-refractivity contribution in [1.29, 1.82) is 0 Å². The molecule has 0 aliphatic rings. The van der Waals surface area contributed by atoms with E-state index in [4.69, 9.17) is 17.3 Å². The summed E-state index contributed by atoms with van der Waals surface area (Å²) >= 11 is 5.93. The van der Waals surface area contributed by atoms with Gasteiger partial charge in [-0.05, 0) is 37.8 Å². The van der Waals surface area contributed by atoms with Gasteiger partial charge < -0.3 is 5.73 Å². The first-order valence-electron chi connectivity index (χ1n) is 6.30. The summed E-state index contributed by atoms with van der Waals surface area (Å²) in [6, 6.07) is 4.52. The fourth-order valence-electron chi connectivity index (χ4n) is 1.78. The van der Waals surface area contributed by atoms with E-state index in [0.29, 0.717) is 5.92 Å². The number of hydrogen-bond donors (Lipinski definition) is 2. The van der Waals surface area contributed by atoms with Crippen molar-refractivity contribution in [2.24, 2.45) is 5.92 Å². The number of anilines is 1. The Morgan fingerprint density at radius 2 is 1.89 bits per heavy atom. The molecule has 0 saturated heterocycles. The Balaban J connectivity index is 2.87. The third-order valence-electron chi connectivity index (χ3n) is 2.80. The Morgan fingerprint density at radius 3 is 2.42 bits per heavy atom. The second-order valence-corrected chi connectivity index (χ2v) is 7.21. The van der Waals surface area contributed by atoms with Crippen LogP contribution in [-0.4, -0.2) is 14.5 Å². The van der Waals surface area contributed by atoms with E-state index in [1.165, 1.54) is 12.1 Å². The molecular weight excluding hydrogens is 284 g/mol. The van der Waals surface area contributed by atoms with E-state index in [1.807, 2.05) is 6.92 Å². The number of sulfonamides is 1. The zero-order valence-electron chi connectivity index (χ0n) is 11.5. The van der Waals surface area contributed by atoms with E-state index in [0.717, 1.165) is 12.8 Å². The van der Waals surface area contributed by atoms with Crippen molar-refractivity contribution < 1.29 is 8.42 Å². The summed E-state index contributed by atoms with van der Waals surface area (Å²) < 4.78 is 27.1. The van der Waals surface area contributed by atoms with Gasteiger partial charge in [0.25, 0.3) is 0 Å². The standard InChI is InChI=1S/C13H21ClN2O2S/c1-9(2)7-8-10(3)16-19(17,18)13-11(14)5-4-6-12(13)15/h4-6,9-10,16H,7-8,15H2,1-3H3. The Bertz CT molecular complexity index is 509. The van der Waals surface area contributed by atoms with Crippen LogP contribution in [-0.2, 0) is 10.0 Å². The van der Waals surface area contributed by atoms with Crippen molar-refractivity contribution in [3.8, 4) is 0 Å². The van der Waals surface area contributed by atoms with Gasteiger partial charge in [0.15, 0.2) is 0 Å². The summed E-state index contributed by atoms with van der Waals surface area (Å²) in [5, 5.41) is 0.142. The molecule has 3 N–H and O–H groups in total. The van der Waals surface area contributed by atoms with Crippen LogP contribution in [0.15, 0.2) is 23.1 Å². The van der Waals surface area contributed by atoms with Gasteiger partial charge in [-0.2, -0.15) is 0 Å². The number of halogens is 1.